The molecule has 0 radical (unpaired) electrons. The van der Waals surface area contributed by atoms with Crippen molar-refractivity contribution in [2.45, 2.75) is 51.3 Å². The third-order valence-corrected chi connectivity index (χ3v) is 2.16. The molecule has 0 amide bonds. The lowest BCUT2D eigenvalue weighted by molar-refractivity contribution is 0.639. The molecule has 1 unspecified atom stereocenters. The highest BCUT2D eigenvalue weighted by Crippen LogP contribution is 2.14. The van der Waals surface area contributed by atoms with Crippen LogP contribution in [-0.2, 0) is 0 Å². The zero-order valence-electron chi connectivity index (χ0n) is 7.70. The molecule has 0 saturated carbocycles. The maximum absolute atomic E-state index is 6.03. The fourth-order valence-electron chi connectivity index (χ4n) is 1.08. The Morgan fingerprint density at radius 1 is 1.45 bits per heavy atom. The SMILES string of the molecule is C=C(C)CCCC(Cl)CCC. The maximum atomic E-state index is 6.03. The van der Waals surface area contributed by atoms with E-state index in [2.05, 4.69) is 20.4 Å². The number of halogens is 1. The van der Waals surface area contributed by atoms with Crippen LogP contribution in [0, 0.1) is 0 Å². The van der Waals surface area contributed by atoms with Crippen LogP contribution in [0.1, 0.15) is 46.0 Å². The Labute approximate surface area is 75.6 Å². The number of hydrogen-bond donors (Lipinski definition) is 0. The summed E-state index contributed by atoms with van der Waals surface area (Å²) < 4.78 is 0. The van der Waals surface area contributed by atoms with Crippen LogP contribution in [0.5, 0.6) is 0 Å². The first-order valence-corrected chi connectivity index (χ1v) is 4.89. The number of rotatable bonds is 6. The van der Waals surface area contributed by atoms with E-state index in [1.807, 2.05) is 0 Å². The molecule has 0 aromatic rings. The lowest BCUT2D eigenvalue weighted by atomic mass is 10.1. The highest BCUT2D eigenvalue weighted by atomic mass is 35.5. The summed E-state index contributed by atoms with van der Waals surface area (Å²) in [7, 11) is 0. The summed E-state index contributed by atoms with van der Waals surface area (Å²) in [5, 5.41) is 0.388. The van der Waals surface area contributed by atoms with Gasteiger partial charge in [-0.15, -0.1) is 18.2 Å². The van der Waals surface area contributed by atoms with Crippen molar-refractivity contribution < 1.29 is 0 Å². The molecule has 0 saturated heterocycles. The normalized spacial score (nSPS) is 13.0. The van der Waals surface area contributed by atoms with Crippen molar-refractivity contribution in [1.29, 1.82) is 0 Å². The van der Waals surface area contributed by atoms with E-state index in [4.69, 9.17) is 11.6 Å². The molecular weight excluding hydrogens is 156 g/mol. The van der Waals surface area contributed by atoms with Crippen LogP contribution < -0.4 is 0 Å². The van der Waals surface area contributed by atoms with Gasteiger partial charge in [-0.2, -0.15) is 0 Å². The molecule has 0 bridgehead atoms. The fraction of sp³-hybridized carbons (Fsp3) is 0.800. The lowest BCUT2D eigenvalue weighted by Gasteiger charge is -2.06. The minimum atomic E-state index is 0.388. The van der Waals surface area contributed by atoms with Crippen molar-refractivity contribution in [1.82, 2.24) is 0 Å². The van der Waals surface area contributed by atoms with Gasteiger partial charge >= 0.3 is 0 Å². The van der Waals surface area contributed by atoms with Gasteiger partial charge in [0.05, 0.1) is 0 Å². The van der Waals surface area contributed by atoms with E-state index in [0.29, 0.717) is 5.38 Å². The predicted molar refractivity (Wildman–Crippen MR) is 53.2 cm³/mol. The number of allylic oxidation sites excluding steroid dienone is 1. The van der Waals surface area contributed by atoms with Gasteiger partial charge in [-0.3, -0.25) is 0 Å². The molecule has 0 aromatic heterocycles. The highest BCUT2D eigenvalue weighted by molar-refractivity contribution is 6.20. The lowest BCUT2D eigenvalue weighted by Crippen LogP contribution is -1.96. The van der Waals surface area contributed by atoms with E-state index in [9.17, 15) is 0 Å². The first-order chi connectivity index (χ1) is 5.16. The molecule has 0 rings (SSSR count). The fourth-order valence-corrected chi connectivity index (χ4v) is 1.46. The molecule has 0 fully saturated rings. The van der Waals surface area contributed by atoms with E-state index < -0.39 is 0 Å². The van der Waals surface area contributed by atoms with Crippen molar-refractivity contribution in [3.8, 4) is 0 Å². The van der Waals surface area contributed by atoms with Crippen molar-refractivity contribution >= 4 is 11.6 Å². The molecule has 0 N–H and O–H groups in total. The van der Waals surface area contributed by atoms with E-state index in [0.717, 1.165) is 19.3 Å². The van der Waals surface area contributed by atoms with Gasteiger partial charge < -0.3 is 0 Å². The summed E-state index contributed by atoms with van der Waals surface area (Å²) in [5.41, 5.74) is 1.27. The van der Waals surface area contributed by atoms with Gasteiger partial charge in [-0.1, -0.05) is 18.9 Å². The van der Waals surface area contributed by atoms with Crippen LogP contribution >= 0.6 is 11.6 Å². The van der Waals surface area contributed by atoms with E-state index in [-0.39, 0.29) is 0 Å². The van der Waals surface area contributed by atoms with Crippen LogP contribution in [0.15, 0.2) is 12.2 Å². The molecule has 66 valence electrons. The quantitative estimate of drug-likeness (QED) is 0.420. The van der Waals surface area contributed by atoms with Gasteiger partial charge in [-0.05, 0) is 32.6 Å². The monoisotopic (exact) mass is 174 g/mol. The Morgan fingerprint density at radius 2 is 2.09 bits per heavy atom. The van der Waals surface area contributed by atoms with Crippen LogP contribution in [0.3, 0.4) is 0 Å². The van der Waals surface area contributed by atoms with Crippen LogP contribution in [0.25, 0.3) is 0 Å². The summed E-state index contributed by atoms with van der Waals surface area (Å²) in [6.07, 6.45) is 5.82. The molecule has 1 atom stereocenters. The second-order valence-electron chi connectivity index (χ2n) is 3.24. The Morgan fingerprint density at radius 3 is 2.55 bits per heavy atom. The van der Waals surface area contributed by atoms with Gasteiger partial charge in [0.15, 0.2) is 0 Å². The van der Waals surface area contributed by atoms with E-state index >= 15 is 0 Å². The molecule has 0 aliphatic heterocycles. The largest absolute Gasteiger partial charge is 0.123 e. The minimum absolute atomic E-state index is 0.388. The van der Waals surface area contributed by atoms with Crippen molar-refractivity contribution in [3.63, 3.8) is 0 Å². The molecule has 11 heavy (non-hydrogen) atoms. The average Bonchev–Trinajstić information content (AvgIpc) is 1.87. The summed E-state index contributed by atoms with van der Waals surface area (Å²) in [6, 6.07) is 0. The number of alkyl halides is 1. The van der Waals surface area contributed by atoms with E-state index in [1.165, 1.54) is 18.4 Å². The molecule has 0 heterocycles. The second kappa shape index (κ2) is 6.72. The van der Waals surface area contributed by atoms with Crippen LogP contribution in [-0.4, -0.2) is 5.38 Å². The summed E-state index contributed by atoms with van der Waals surface area (Å²) >= 11 is 6.03. The summed E-state index contributed by atoms with van der Waals surface area (Å²) in [6.45, 7) is 8.10. The third-order valence-electron chi connectivity index (χ3n) is 1.72. The first-order valence-electron chi connectivity index (χ1n) is 4.45. The van der Waals surface area contributed by atoms with Crippen molar-refractivity contribution in [2.75, 3.05) is 0 Å². The maximum Gasteiger partial charge on any atom is 0.0336 e. The Hall–Kier alpha value is 0.0300. The second-order valence-corrected chi connectivity index (χ2v) is 3.85. The third kappa shape index (κ3) is 7.93. The van der Waals surface area contributed by atoms with Gasteiger partial charge in [0, 0.05) is 5.38 Å². The smallest absolute Gasteiger partial charge is 0.0336 e. The zero-order valence-corrected chi connectivity index (χ0v) is 8.45. The van der Waals surface area contributed by atoms with E-state index in [1.54, 1.807) is 0 Å². The molecule has 1 heteroatoms. The van der Waals surface area contributed by atoms with Gasteiger partial charge in [0.1, 0.15) is 0 Å². The Bertz CT molecular complexity index is 107. The topological polar surface area (TPSA) is 0 Å². The molecule has 0 spiro atoms. The molecule has 0 aromatic carbocycles. The van der Waals surface area contributed by atoms with Gasteiger partial charge in [0.25, 0.3) is 0 Å². The summed E-state index contributed by atoms with van der Waals surface area (Å²) in [5.74, 6) is 0. The Kier molecular flexibility index (Phi) is 6.74. The van der Waals surface area contributed by atoms with Gasteiger partial charge in [-0.25, -0.2) is 0 Å². The highest BCUT2D eigenvalue weighted by Gasteiger charge is 2.01. The van der Waals surface area contributed by atoms with Crippen LogP contribution in [0.4, 0.5) is 0 Å². The molecular formula is C10H19Cl. The molecule has 0 aliphatic rings. The zero-order chi connectivity index (χ0) is 8.69. The first kappa shape index (κ1) is 11.0. The minimum Gasteiger partial charge on any atom is -0.123 e. The van der Waals surface area contributed by atoms with Crippen LogP contribution in [0.2, 0.25) is 0 Å². The van der Waals surface area contributed by atoms with Crippen molar-refractivity contribution in [3.05, 3.63) is 12.2 Å². The molecule has 0 aliphatic carbocycles. The average molecular weight is 175 g/mol. The molecule has 0 nitrogen and oxygen atoms in total. The van der Waals surface area contributed by atoms with Crippen molar-refractivity contribution in [2.24, 2.45) is 0 Å². The van der Waals surface area contributed by atoms with Gasteiger partial charge in [0.2, 0.25) is 0 Å². The predicted octanol–water partition coefficient (Wildman–Crippen LogP) is 4.14. The standard InChI is InChI=1S/C10H19Cl/c1-4-6-10(11)8-5-7-9(2)3/h10H,2,4-8H2,1,3H3. The summed E-state index contributed by atoms with van der Waals surface area (Å²) in [4.78, 5) is 0. The number of hydrogen-bond acceptors (Lipinski definition) is 0. The Balaban J connectivity index is 3.16.